The van der Waals surface area contributed by atoms with Crippen LogP contribution >= 0.6 is 0 Å². The number of nitrogens with zero attached hydrogens (tertiary/aromatic N) is 1. The molecule has 1 amide bonds. The van der Waals surface area contributed by atoms with Crippen LogP contribution in [0, 0.1) is 0 Å². The third kappa shape index (κ3) is 6.62. The number of methoxy groups -OCH3 is 1. The summed E-state index contributed by atoms with van der Waals surface area (Å²) in [5.41, 5.74) is 6.08. The van der Waals surface area contributed by atoms with E-state index in [0.29, 0.717) is 30.3 Å². The number of carbonyl (C=O) groups is 1. The SMILES string of the molecule is COc1cc(COc2ccc(/C=N/NC(=O)c3cccc4ccccc34)cc2)ccc1OCc1ccccc1. The fourth-order valence-electron chi connectivity index (χ4n) is 4.12. The van der Waals surface area contributed by atoms with Crippen LogP contribution < -0.4 is 19.6 Å². The fourth-order valence-corrected chi connectivity index (χ4v) is 4.12. The van der Waals surface area contributed by atoms with Gasteiger partial charge in [0.2, 0.25) is 0 Å². The van der Waals surface area contributed by atoms with Crippen molar-refractivity contribution >= 4 is 22.9 Å². The summed E-state index contributed by atoms with van der Waals surface area (Å²) in [5, 5.41) is 6.02. The normalized spacial score (nSPS) is 10.9. The number of ether oxygens (including phenoxy) is 3. The summed E-state index contributed by atoms with van der Waals surface area (Å²) in [5.74, 6) is 1.80. The lowest BCUT2D eigenvalue weighted by Crippen LogP contribution is -2.17. The standard InChI is InChI=1S/C33H28N2O4/c1-37-32-20-26(16-19-31(32)39-22-25-8-3-2-4-9-25)23-38-28-17-14-24(15-18-28)21-34-35-33(36)30-13-7-11-27-10-5-6-12-29(27)30/h2-21H,22-23H2,1H3,(H,35,36)/b34-21+. The molecule has 0 aromatic heterocycles. The lowest BCUT2D eigenvalue weighted by Gasteiger charge is -2.13. The van der Waals surface area contributed by atoms with Crippen LogP contribution in [0.3, 0.4) is 0 Å². The van der Waals surface area contributed by atoms with E-state index >= 15 is 0 Å². The van der Waals surface area contributed by atoms with E-state index in [4.69, 9.17) is 14.2 Å². The van der Waals surface area contributed by atoms with Crippen molar-refractivity contribution < 1.29 is 19.0 Å². The molecule has 0 aliphatic carbocycles. The van der Waals surface area contributed by atoms with Crippen LogP contribution in [0.25, 0.3) is 10.8 Å². The van der Waals surface area contributed by atoms with Gasteiger partial charge in [-0.1, -0.05) is 72.8 Å². The van der Waals surface area contributed by atoms with E-state index < -0.39 is 0 Å². The Balaban J connectivity index is 1.14. The van der Waals surface area contributed by atoms with Crippen molar-refractivity contribution in [2.24, 2.45) is 5.10 Å². The summed E-state index contributed by atoms with van der Waals surface area (Å²) in [6.45, 7) is 0.847. The number of amides is 1. The van der Waals surface area contributed by atoms with Gasteiger partial charge in [-0.3, -0.25) is 4.79 Å². The van der Waals surface area contributed by atoms with Crippen molar-refractivity contribution in [2.75, 3.05) is 7.11 Å². The molecule has 5 aromatic carbocycles. The Morgan fingerprint density at radius 2 is 1.49 bits per heavy atom. The minimum absolute atomic E-state index is 0.255. The topological polar surface area (TPSA) is 69.2 Å². The lowest BCUT2D eigenvalue weighted by molar-refractivity contribution is 0.0957. The van der Waals surface area contributed by atoms with Gasteiger partial charge in [-0.25, -0.2) is 5.43 Å². The number of hydrazone groups is 1. The van der Waals surface area contributed by atoms with Gasteiger partial charge >= 0.3 is 0 Å². The highest BCUT2D eigenvalue weighted by Crippen LogP contribution is 2.29. The van der Waals surface area contributed by atoms with E-state index in [2.05, 4.69) is 10.5 Å². The van der Waals surface area contributed by atoms with E-state index in [-0.39, 0.29) is 5.91 Å². The van der Waals surface area contributed by atoms with E-state index in [1.165, 1.54) is 0 Å². The predicted molar refractivity (Wildman–Crippen MR) is 154 cm³/mol. The molecule has 0 fully saturated rings. The van der Waals surface area contributed by atoms with Crippen LogP contribution in [-0.2, 0) is 13.2 Å². The Labute approximate surface area is 227 Å². The molecule has 39 heavy (non-hydrogen) atoms. The van der Waals surface area contributed by atoms with Crippen LogP contribution in [-0.4, -0.2) is 19.2 Å². The second kappa shape index (κ2) is 12.4. The van der Waals surface area contributed by atoms with Gasteiger partial charge in [0, 0.05) is 5.56 Å². The minimum atomic E-state index is -0.255. The van der Waals surface area contributed by atoms with E-state index in [1.807, 2.05) is 109 Å². The quantitative estimate of drug-likeness (QED) is 0.164. The van der Waals surface area contributed by atoms with E-state index in [1.54, 1.807) is 19.4 Å². The van der Waals surface area contributed by atoms with Gasteiger partial charge in [-0.15, -0.1) is 0 Å². The third-order valence-electron chi connectivity index (χ3n) is 6.16. The number of nitrogens with one attached hydrogen (secondary N) is 1. The summed E-state index contributed by atoms with van der Waals surface area (Å²) in [6, 6.07) is 36.7. The molecule has 6 nitrogen and oxygen atoms in total. The molecular weight excluding hydrogens is 488 g/mol. The van der Waals surface area contributed by atoms with Crippen LogP contribution in [0.4, 0.5) is 0 Å². The number of hydrogen-bond acceptors (Lipinski definition) is 5. The maximum atomic E-state index is 12.6. The summed E-state index contributed by atoms with van der Waals surface area (Å²) in [6.07, 6.45) is 1.60. The van der Waals surface area contributed by atoms with Crippen molar-refractivity contribution in [1.29, 1.82) is 0 Å². The Morgan fingerprint density at radius 1 is 0.744 bits per heavy atom. The summed E-state index contributed by atoms with van der Waals surface area (Å²) in [7, 11) is 1.63. The largest absolute Gasteiger partial charge is 0.493 e. The first kappa shape index (κ1) is 25.5. The molecule has 0 aliphatic rings. The highest BCUT2D eigenvalue weighted by molar-refractivity contribution is 6.07. The van der Waals surface area contributed by atoms with Crippen molar-refractivity contribution in [3.63, 3.8) is 0 Å². The van der Waals surface area contributed by atoms with Crippen LogP contribution in [0.1, 0.15) is 27.0 Å². The van der Waals surface area contributed by atoms with Gasteiger partial charge in [0.15, 0.2) is 11.5 Å². The first-order valence-corrected chi connectivity index (χ1v) is 12.6. The zero-order chi connectivity index (χ0) is 26.9. The monoisotopic (exact) mass is 516 g/mol. The molecule has 0 atom stereocenters. The van der Waals surface area contributed by atoms with Crippen molar-refractivity contribution in [3.05, 3.63) is 138 Å². The molecule has 0 spiro atoms. The molecule has 6 heteroatoms. The number of carbonyl (C=O) groups excluding carboxylic acids is 1. The first-order valence-electron chi connectivity index (χ1n) is 12.6. The Morgan fingerprint density at radius 3 is 2.31 bits per heavy atom. The molecule has 0 bridgehead atoms. The fraction of sp³-hybridized carbons (Fsp3) is 0.0909. The molecule has 194 valence electrons. The maximum absolute atomic E-state index is 12.6. The predicted octanol–water partition coefficient (Wildman–Crippen LogP) is 6.77. The maximum Gasteiger partial charge on any atom is 0.271 e. The number of hydrogen-bond donors (Lipinski definition) is 1. The van der Waals surface area contributed by atoms with Gasteiger partial charge in [-0.05, 0) is 69.9 Å². The van der Waals surface area contributed by atoms with Crippen molar-refractivity contribution in [1.82, 2.24) is 5.43 Å². The molecule has 5 rings (SSSR count). The third-order valence-corrected chi connectivity index (χ3v) is 6.16. The summed E-state index contributed by atoms with van der Waals surface area (Å²) < 4.78 is 17.4. The Hall–Kier alpha value is -5.10. The molecular formula is C33H28N2O4. The molecule has 5 aromatic rings. The van der Waals surface area contributed by atoms with Crippen LogP contribution in [0.5, 0.6) is 17.2 Å². The first-order chi connectivity index (χ1) is 19.2. The smallest absolute Gasteiger partial charge is 0.271 e. The van der Waals surface area contributed by atoms with Crippen LogP contribution in [0.2, 0.25) is 0 Å². The Kier molecular flexibility index (Phi) is 8.14. The molecule has 0 radical (unpaired) electrons. The molecule has 0 unspecified atom stereocenters. The van der Waals surface area contributed by atoms with Gasteiger partial charge in [0.25, 0.3) is 5.91 Å². The highest BCUT2D eigenvalue weighted by atomic mass is 16.5. The number of fused-ring (bicyclic) bond motifs is 1. The highest BCUT2D eigenvalue weighted by Gasteiger charge is 2.09. The second-order valence-corrected chi connectivity index (χ2v) is 8.84. The molecule has 0 saturated heterocycles. The van der Waals surface area contributed by atoms with Gasteiger partial charge < -0.3 is 14.2 Å². The average molecular weight is 517 g/mol. The summed E-state index contributed by atoms with van der Waals surface area (Å²) >= 11 is 0. The number of rotatable bonds is 10. The zero-order valence-corrected chi connectivity index (χ0v) is 21.5. The van der Waals surface area contributed by atoms with Crippen molar-refractivity contribution in [2.45, 2.75) is 13.2 Å². The molecule has 1 N–H and O–H groups in total. The summed E-state index contributed by atoms with van der Waals surface area (Å²) in [4.78, 5) is 12.6. The van der Waals surface area contributed by atoms with E-state index in [9.17, 15) is 4.79 Å². The Bertz CT molecular complexity index is 1580. The average Bonchev–Trinajstić information content (AvgIpc) is 3.00. The van der Waals surface area contributed by atoms with Gasteiger partial charge in [-0.2, -0.15) is 5.10 Å². The molecule has 0 aliphatic heterocycles. The molecule has 0 saturated carbocycles. The molecule has 0 heterocycles. The van der Waals surface area contributed by atoms with Gasteiger partial charge in [0.05, 0.1) is 13.3 Å². The van der Waals surface area contributed by atoms with Crippen LogP contribution in [0.15, 0.2) is 120 Å². The van der Waals surface area contributed by atoms with Crippen molar-refractivity contribution in [3.8, 4) is 17.2 Å². The van der Waals surface area contributed by atoms with Gasteiger partial charge in [0.1, 0.15) is 19.0 Å². The second-order valence-electron chi connectivity index (χ2n) is 8.84. The lowest BCUT2D eigenvalue weighted by atomic mass is 10.0. The zero-order valence-electron chi connectivity index (χ0n) is 21.5. The number of benzene rings is 5. The minimum Gasteiger partial charge on any atom is -0.493 e. The van der Waals surface area contributed by atoms with E-state index in [0.717, 1.165) is 33.2 Å².